The van der Waals surface area contributed by atoms with Crippen molar-refractivity contribution in [2.75, 3.05) is 6.61 Å². The van der Waals surface area contributed by atoms with Gasteiger partial charge in [-0.25, -0.2) is 0 Å². The summed E-state index contributed by atoms with van der Waals surface area (Å²) < 4.78 is 130. The molecule has 0 aromatic rings. The molecular formula is C31H55F9O6Si. The topological polar surface area (TPSA) is 93.1 Å². The Balaban J connectivity index is 0. The molecule has 4 unspecified atom stereocenters. The van der Waals surface area contributed by atoms with E-state index in [2.05, 4.69) is 19.6 Å². The third-order valence-corrected chi connectivity index (χ3v) is 10.8. The molecule has 47 heavy (non-hydrogen) atoms. The summed E-state index contributed by atoms with van der Waals surface area (Å²) in [7, 11) is -0.975. The summed E-state index contributed by atoms with van der Waals surface area (Å²) in [6.45, 7) is 18.0. The molecule has 1 aliphatic rings. The smallest absolute Gasteiger partial charge is 0.426 e. The molecule has 0 aliphatic heterocycles. The van der Waals surface area contributed by atoms with Gasteiger partial charge in [0.25, 0.3) is 5.60 Å². The molecule has 0 aromatic heterocycles. The third-order valence-electron chi connectivity index (χ3n) is 8.94. The maximum absolute atomic E-state index is 13.3. The van der Waals surface area contributed by atoms with Crippen LogP contribution in [-0.4, -0.2) is 72.7 Å². The number of carbonyl (C=O) groups is 2. The highest BCUT2D eigenvalue weighted by Gasteiger charge is 2.75. The molecule has 0 bridgehead atoms. The second kappa shape index (κ2) is 16.4. The van der Waals surface area contributed by atoms with E-state index in [4.69, 9.17) is 9.47 Å². The van der Waals surface area contributed by atoms with E-state index in [1.807, 2.05) is 20.8 Å². The minimum absolute atomic E-state index is 0. The van der Waals surface area contributed by atoms with Gasteiger partial charge in [-0.3, -0.25) is 9.59 Å². The van der Waals surface area contributed by atoms with Crippen molar-refractivity contribution in [3.63, 3.8) is 0 Å². The monoisotopic (exact) mass is 722 g/mol. The van der Waals surface area contributed by atoms with E-state index >= 15 is 0 Å². The lowest BCUT2D eigenvalue weighted by molar-refractivity contribution is -0.391. The molecule has 2 N–H and O–H groups in total. The van der Waals surface area contributed by atoms with Crippen LogP contribution in [-0.2, 0) is 19.1 Å². The van der Waals surface area contributed by atoms with Crippen LogP contribution < -0.4 is 0 Å². The number of carbonyl (C=O) groups excluding carboxylic acids is 2. The maximum Gasteiger partial charge on any atom is 0.426 e. The Bertz CT molecular complexity index is 985. The molecule has 282 valence electrons. The maximum atomic E-state index is 13.3. The van der Waals surface area contributed by atoms with Gasteiger partial charge in [0, 0.05) is 19.9 Å². The van der Waals surface area contributed by atoms with Crippen molar-refractivity contribution in [3.8, 4) is 0 Å². The fourth-order valence-electron chi connectivity index (χ4n) is 4.58. The Morgan fingerprint density at radius 3 is 1.47 bits per heavy atom. The molecule has 1 rings (SSSR count). The van der Waals surface area contributed by atoms with Crippen LogP contribution in [0.5, 0.6) is 0 Å². The van der Waals surface area contributed by atoms with E-state index in [9.17, 15) is 59.3 Å². The minimum atomic E-state index is -6.28. The van der Waals surface area contributed by atoms with Crippen molar-refractivity contribution >= 4 is 20.0 Å². The number of alkyl halides is 9. The summed E-state index contributed by atoms with van der Waals surface area (Å²) >= 11 is 0. The van der Waals surface area contributed by atoms with E-state index in [0.29, 0.717) is 6.61 Å². The number of esters is 2. The summed E-state index contributed by atoms with van der Waals surface area (Å²) in [6.07, 6.45) is -21.2. The van der Waals surface area contributed by atoms with Gasteiger partial charge in [0.15, 0.2) is 5.60 Å². The van der Waals surface area contributed by atoms with Crippen molar-refractivity contribution in [1.82, 2.24) is 0 Å². The van der Waals surface area contributed by atoms with E-state index in [1.54, 1.807) is 6.92 Å². The number of rotatable bonds is 11. The van der Waals surface area contributed by atoms with Crippen LogP contribution in [0.1, 0.15) is 94.4 Å². The largest absolute Gasteiger partial charge is 0.465 e. The number of hydrogen-bond donors (Lipinski definition) is 2. The second-order valence-corrected chi connectivity index (χ2v) is 20.4. The van der Waals surface area contributed by atoms with Crippen molar-refractivity contribution in [1.29, 1.82) is 0 Å². The summed E-state index contributed by atoms with van der Waals surface area (Å²) in [5.41, 5.74) is -10.6. The van der Waals surface area contributed by atoms with Gasteiger partial charge in [-0.15, -0.1) is 0 Å². The Hall–Kier alpha value is -1.55. The quantitative estimate of drug-likeness (QED) is 0.0957. The SMILES string of the molecule is C.CCC(C)(C)C(=O)OC1CC(C(C)(O)C(F)(F)F)CC(C(O)(C(F)(F)F)C(F)(F)F)C1.CCC(C)(C)C(=O)OCCC[Si](C)(C)C. The molecule has 0 heterocycles. The van der Waals surface area contributed by atoms with Gasteiger partial charge >= 0.3 is 30.5 Å². The predicted molar refractivity (Wildman–Crippen MR) is 163 cm³/mol. The first-order valence-electron chi connectivity index (χ1n) is 15.2. The second-order valence-electron chi connectivity index (χ2n) is 14.8. The normalized spacial score (nSPS) is 21.4. The molecule has 1 aliphatic carbocycles. The molecule has 0 aromatic carbocycles. The van der Waals surface area contributed by atoms with Gasteiger partial charge in [0.1, 0.15) is 6.10 Å². The van der Waals surface area contributed by atoms with Crippen LogP contribution in [0.25, 0.3) is 0 Å². The van der Waals surface area contributed by atoms with E-state index in [1.165, 1.54) is 19.9 Å². The molecule has 1 fully saturated rings. The summed E-state index contributed by atoms with van der Waals surface area (Å²) in [4.78, 5) is 23.9. The highest BCUT2D eigenvalue weighted by Crippen LogP contribution is 2.55. The van der Waals surface area contributed by atoms with Gasteiger partial charge < -0.3 is 19.7 Å². The minimum Gasteiger partial charge on any atom is -0.465 e. The van der Waals surface area contributed by atoms with E-state index < -0.39 is 86.4 Å². The summed E-state index contributed by atoms with van der Waals surface area (Å²) in [5, 5.41) is 19.6. The van der Waals surface area contributed by atoms with Crippen molar-refractivity contribution in [2.24, 2.45) is 22.7 Å². The Morgan fingerprint density at radius 2 is 1.11 bits per heavy atom. The van der Waals surface area contributed by atoms with Gasteiger partial charge in [-0.05, 0) is 73.1 Å². The van der Waals surface area contributed by atoms with Gasteiger partial charge in [-0.1, -0.05) is 47.0 Å². The molecule has 0 spiro atoms. The predicted octanol–water partition coefficient (Wildman–Crippen LogP) is 9.25. The number of ether oxygens (including phenoxy) is 2. The van der Waals surface area contributed by atoms with Gasteiger partial charge in [-0.2, -0.15) is 39.5 Å². The van der Waals surface area contributed by atoms with Crippen LogP contribution in [0, 0.1) is 22.7 Å². The average molecular weight is 723 g/mol. The third kappa shape index (κ3) is 12.7. The van der Waals surface area contributed by atoms with Crippen molar-refractivity contribution in [2.45, 2.75) is 156 Å². The molecule has 1 saturated carbocycles. The van der Waals surface area contributed by atoms with Crippen LogP contribution >= 0.6 is 0 Å². The van der Waals surface area contributed by atoms with Crippen LogP contribution in [0.2, 0.25) is 25.7 Å². The highest BCUT2D eigenvalue weighted by molar-refractivity contribution is 6.76. The van der Waals surface area contributed by atoms with E-state index in [-0.39, 0.29) is 32.2 Å². The van der Waals surface area contributed by atoms with Crippen LogP contribution in [0.3, 0.4) is 0 Å². The molecule has 0 saturated heterocycles. The number of hydrogen-bond acceptors (Lipinski definition) is 6. The Morgan fingerprint density at radius 1 is 0.702 bits per heavy atom. The molecule has 0 radical (unpaired) electrons. The molecule has 16 heteroatoms. The lowest BCUT2D eigenvalue weighted by Crippen LogP contribution is -2.64. The molecule has 6 nitrogen and oxygen atoms in total. The first kappa shape index (κ1) is 47.6. The fourth-order valence-corrected chi connectivity index (χ4v) is 5.79. The summed E-state index contributed by atoms with van der Waals surface area (Å²) in [6, 6.07) is 1.23. The number of aliphatic hydroxyl groups is 2. The zero-order valence-electron chi connectivity index (χ0n) is 28.3. The fraction of sp³-hybridized carbons (Fsp3) is 0.935. The van der Waals surface area contributed by atoms with Gasteiger partial charge in [0.2, 0.25) is 0 Å². The molecule has 4 atom stereocenters. The lowest BCUT2D eigenvalue weighted by Gasteiger charge is -2.47. The first-order valence-corrected chi connectivity index (χ1v) is 18.9. The van der Waals surface area contributed by atoms with Crippen molar-refractivity contribution < 1.29 is 68.8 Å². The highest BCUT2D eigenvalue weighted by atomic mass is 28.3. The number of halogens is 9. The Labute approximate surface area is 274 Å². The van der Waals surface area contributed by atoms with E-state index in [0.717, 1.165) is 12.8 Å². The average Bonchev–Trinajstić information content (AvgIpc) is 2.88. The lowest BCUT2D eigenvalue weighted by atomic mass is 9.66. The Kier molecular flexibility index (Phi) is 16.6. The zero-order chi connectivity index (χ0) is 37.0. The molecular weight excluding hydrogens is 667 g/mol. The van der Waals surface area contributed by atoms with Gasteiger partial charge in [0.05, 0.1) is 17.4 Å². The molecule has 0 amide bonds. The zero-order valence-corrected chi connectivity index (χ0v) is 29.3. The van der Waals surface area contributed by atoms with Crippen LogP contribution in [0.4, 0.5) is 39.5 Å². The first-order chi connectivity index (χ1) is 20.2. The van der Waals surface area contributed by atoms with Crippen molar-refractivity contribution in [3.05, 3.63) is 0 Å². The summed E-state index contributed by atoms with van der Waals surface area (Å²) in [5.74, 6) is -6.14. The van der Waals surface area contributed by atoms with Crippen LogP contribution in [0.15, 0.2) is 0 Å². The standard InChI is InChI=1S/C18H25F9O4.C12H26O2Si.CH4/c1-5-13(2,3)12(28)31-11-7-9(14(4,29)16(19,20)21)6-10(8-11)15(30,17(22,23)24)18(25,26)27;1-7-12(2,3)11(13)14-9-8-10-15(4,5)6;/h9-11,29-30H,5-8H2,1-4H3;7-10H2,1-6H3;1H4.